The van der Waals surface area contributed by atoms with E-state index in [1.165, 1.54) is 19.2 Å². The number of halogens is 3. The molecular weight excluding hydrogens is 298 g/mol. The molecule has 0 radical (unpaired) electrons. The Kier molecular flexibility index (Phi) is 4.28. The molecule has 0 aliphatic rings. The molecule has 2 rings (SSSR count). The number of alkyl halides is 2. The van der Waals surface area contributed by atoms with Crippen LogP contribution in [0.4, 0.5) is 8.78 Å². The van der Waals surface area contributed by atoms with Gasteiger partial charge < -0.3 is 4.74 Å². The van der Waals surface area contributed by atoms with Crippen molar-refractivity contribution in [2.45, 2.75) is 12.8 Å². The largest absolute Gasteiger partial charge is 0.465 e. The highest BCUT2D eigenvalue weighted by atomic mass is 35.5. The molecule has 0 saturated carbocycles. The Morgan fingerprint density at radius 2 is 1.71 bits per heavy atom. The van der Waals surface area contributed by atoms with E-state index in [4.69, 9.17) is 11.6 Å². The monoisotopic (exact) mass is 310 g/mol. The summed E-state index contributed by atoms with van der Waals surface area (Å²) < 4.78 is 31.8. The van der Waals surface area contributed by atoms with Crippen LogP contribution in [-0.2, 0) is 10.7 Å². The van der Waals surface area contributed by atoms with Gasteiger partial charge in [-0.1, -0.05) is 23.7 Å². The molecule has 0 heterocycles. The van der Waals surface area contributed by atoms with Crippen molar-refractivity contribution in [1.29, 1.82) is 0 Å². The standard InChI is InChI=1S/C16H13ClF2O2/c1-16(18,19)13-8-11(7-12(9-13)15(20)21-2)10-3-5-14(17)6-4-10/h3-9H,1-2H3. The minimum atomic E-state index is -3.05. The number of ether oxygens (including phenoxy) is 1. The van der Waals surface area contributed by atoms with Crippen molar-refractivity contribution in [3.63, 3.8) is 0 Å². The van der Waals surface area contributed by atoms with Gasteiger partial charge in [-0.25, -0.2) is 13.6 Å². The minimum Gasteiger partial charge on any atom is -0.465 e. The fraction of sp³-hybridized carbons (Fsp3) is 0.188. The van der Waals surface area contributed by atoms with Crippen molar-refractivity contribution in [3.05, 3.63) is 58.6 Å². The fourth-order valence-electron chi connectivity index (χ4n) is 1.93. The van der Waals surface area contributed by atoms with E-state index in [-0.39, 0.29) is 11.1 Å². The molecule has 0 atom stereocenters. The molecule has 2 aromatic carbocycles. The van der Waals surface area contributed by atoms with E-state index in [0.717, 1.165) is 13.0 Å². The molecule has 0 amide bonds. The van der Waals surface area contributed by atoms with Crippen molar-refractivity contribution in [2.75, 3.05) is 7.11 Å². The number of benzene rings is 2. The average Bonchev–Trinajstić information content (AvgIpc) is 2.45. The van der Waals surface area contributed by atoms with E-state index in [1.54, 1.807) is 24.3 Å². The summed E-state index contributed by atoms with van der Waals surface area (Å²) in [4.78, 5) is 11.6. The first-order chi connectivity index (χ1) is 9.81. The van der Waals surface area contributed by atoms with E-state index in [0.29, 0.717) is 16.1 Å². The Balaban J connectivity index is 2.59. The number of rotatable bonds is 3. The minimum absolute atomic E-state index is 0.0847. The first-order valence-electron chi connectivity index (χ1n) is 6.19. The van der Waals surface area contributed by atoms with Gasteiger partial charge in [0.05, 0.1) is 12.7 Å². The lowest BCUT2D eigenvalue weighted by Crippen LogP contribution is -2.10. The van der Waals surface area contributed by atoms with Crippen LogP contribution >= 0.6 is 11.6 Å². The summed E-state index contributed by atoms with van der Waals surface area (Å²) in [6.07, 6.45) is 0. The molecule has 0 N–H and O–H groups in total. The van der Waals surface area contributed by atoms with Gasteiger partial charge >= 0.3 is 5.97 Å². The van der Waals surface area contributed by atoms with Gasteiger partial charge in [-0.05, 0) is 41.5 Å². The van der Waals surface area contributed by atoms with E-state index in [9.17, 15) is 13.6 Å². The maximum absolute atomic E-state index is 13.6. The molecule has 0 saturated heterocycles. The van der Waals surface area contributed by atoms with Gasteiger partial charge in [-0.2, -0.15) is 0 Å². The average molecular weight is 311 g/mol. The second-order valence-corrected chi connectivity index (χ2v) is 5.12. The number of esters is 1. The normalized spacial score (nSPS) is 11.3. The SMILES string of the molecule is COC(=O)c1cc(-c2ccc(Cl)cc2)cc(C(C)(F)F)c1. The Bertz CT molecular complexity index is 661. The number of methoxy groups -OCH3 is 1. The summed E-state index contributed by atoms with van der Waals surface area (Å²) in [6.45, 7) is 0.787. The molecule has 21 heavy (non-hydrogen) atoms. The van der Waals surface area contributed by atoms with E-state index >= 15 is 0 Å². The molecule has 0 bridgehead atoms. The molecule has 0 spiro atoms. The molecular formula is C16H13ClF2O2. The zero-order chi connectivity index (χ0) is 15.6. The van der Waals surface area contributed by atoms with Gasteiger partial charge in [0.25, 0.3) is 5.92 Å². The second kappa shape index (κ2) is 5.82. The van der Waals surface area contributed by atoms with Gasteiger partial charge in [0.2, 0.25) is 0 Å². The lowest BCUT2D eigenvalue weighted by Gasteiger charge is -2.14. The summed E-state index contributed by atoms with van der Waals surface area (Å²) >= 11 is 5.81. The van der Waals surface area contributed by atoms with Crippen molar-refractivity contribution >= 4 is 17.6 Å². The lowest BCUT2D eigenvalue weighted by atomic mass is 9.97. The Morgan fingerprint density at radius 1 is 1.10 bits per heavy atom. The van der Waals surface area contributed by atoms with Crippen LogP contribution in [0.5, 0.6) is 0 Å². The number of carbonyl (C=O) groups is 1. The van der Waals surface area contributed by atoms with Gasteiger partial charge in [0.15, 0.2) is 0 Å². The van der Waals surface area contributed by atoms with Gasteiger partial charge in [0, 0.05) is 17.5 Å². The van der Waals surface area contributed by atoms with E-state index in [2.05, 4.69) is 4.74 Å². The van der Waals surface area contributed by atoms with Crippen LogP contribution in [0.15, 0.2) is 42.5 Å². The number of hydrogen-bond acceptors (Lipinski definition) is 2. The van der Waals surface area contributed by atoms with Crippen LogP contribution < -0.4 is 0 Å². The molecule has 0 fully saturated rings. The Morgan fingerprint density at radius 3 is 2.24 bits per heavy atom. The number of hydrogen-bond donors (Lipinski definition) is 0. The lowest BCUT2D eigenvalue weighted by molar-refractivity contribution is 0.0174. The molecule has 0 unspecified atom stereocenters. The van der Waals surface area contributed by atoms with Crippen LogP contribution in [0.2, 0.25) is 5.02 Å². The summed E-state index contributed by atoms with van der Waals surface area (Å²) in [5.41, 5.74) is 1.04. The summed E-state index contributed by atoms with van der Waals surface area (Å²) in [5.74, 6) is -3.71. The zero-order valence-corrected chi connectivity index (χ0v) is 12.2. The predicted octanol–water partition coefficient (Wildman–Crippen LogP) is 4.91. The fourth-order valence-corrected chi connectivity index (χ4v) is 2.05. The van der Waals surface area contributed by atoms with Crippen LogP contribution in [0, 0.1) is 0 Å². The predicted molar refractivity (Wildman–Crippen MR) is 77.8 cm³/mol. The molecule has 0 aromatic heterocycles. The quantitative estimate of drug-likeness (QED) is 0.753. The first kappa shape index (κ1) is 15.4. The van der Waals surface area contributed by atoms with Crippen molar-refractivity contribution in [2.24, 2.45) is 0 Å². The molecule has 2 nitrogen and oxygen atoms in total. The van der Waals surface area contributed by atoms with Crippen molar-refractivity contribution in [1.82, 2.24) is 0 Å². The third-order valence-electron chi connectivity index (χ3n) is 3.04. The summed E-state index contributed by atoms with van der Waals surface area (Å²) in [6, 6.07) is 10.7. The van der Waals surface area contributed by atoms with Gasteiger partial charge in [-0.3, -0.25) is 0 Å². The molecule has 2 aromatic rings. The number of carbonyl (C=O) groups excluding carboxylic acids is 1. The second-order valence-electron chi connectivity index (χ2n) is 4.69. The smallest absolute Gasteiger partial charge is 0.337 e. The Labute approximate surface area is 126 Å². The van der Waals surface area contributed by atoms with Crippen LogP contribution in [0.25, 0.3) is 11.1 Å². The highest BCUT2D eigenvalue weighted by Crippen LogP contribution is 2.32. The zero-order valence-electron chi connectivity index (χ0n) is 11.5. The first-order valence-corrected chi connectivity index (χ1v) is 6.56. The van der Waals surface area contributed by atoms with Crippen molar-refractivity contribution in [3.8, 4) is 11.1 Å². The van der Waals surface area contributed by atoms with Crippen LogP contribution in [0.1, 0.15) is 22.8 Å². The maximum atomic E-state index is 13.6. The third-order valence-corrected chi connectivity index (χ3v) is 3.29. The maximum Gasteiger partial charge on any atom is 0.337 e. The summed E-state index contributed by atoms with van der Waals surface area (Å²) in [5, 5.41) is 0.545. The van der Waals surface area contributed by atoms with E-state index in [1.807, 2.05) is 0 Å². The van der Waals surface area contributed by atoms with Crippen LogP contribution in [0.3, 0.4) is 0 Å². The molecule has 110 valence electrons. The van der Waals surface area contributed by atoms with Gasteiger partial charge in [0.1, 0.15) is 0 Å². The molecule has 0 aliphatic heterocycles. The summed E-state index contributed by atoms with van der Waals surface area (Å²) in [7, 11) is 1.21. The Hall–Kier alpha value is -1.94. The highest BCUT2D eigenvalue weighted by Gasteiger charge is 2.26. The van der Waals surface area contributed by atoms with Crippen molar-refractivity contribution < 1.29 is 18.3 Å². The highest BCUT2D eigenvalue weighted by molar-refractivity contribution is 6.30. The van der Waals surface area contributed by atoms with Gasteiger partial charge in [-0.15, -0.1) is 0 Å². The topological polar surface area (TPSA) is 26.3 Å². The molecule has 0 aliphatic carbocycles. The molecule has 5 heteroatoms. The third kappa shape index (κ3) is 3.58. The van der Waals surface area contributed by atoms with E-state index < -0.39 is 11.9 Å². The van der Waals surface area contributed by atoms with Crippen LogP contribution in [-0.4, -0.2) is 13.1 Å².